The lowest BCUT2D eigenvalue weighted by atomic mass is 10.1. The Balaban J connectivity index is 1.89. The minimum absolute atomic E-state index is 0.334. The number of rotatable bonds is 4. The second kappa shape index (κ2) is 5.44. The molecule has 106 valence electrons. The van der Waals surface area contributed by atoms with Gasteiger partial charge in [0.2, 0.25) is 0 Å². The van der Waals surface area contributed by atoms with Crippen molar-refractivity contribution in [2.24, 2.45) is 0 Å². The van der Waals surface area contributed by atoms with Crippen molar-refractivity contribution in [2.45, 2.75) is 13.3 Å². The van der Waals surface area contributed by atoms with E-state index in [4.69, 9.17) is 4.74 Å². The number of hydrogen-bond donors (Lipinski definition) is 1. The fourth-order valence-corrected chi connectivity index (χ4v) is 2.52. The second-order valence-electron chi connectivity index (χ2n) is 5.18. The number of H-pyrrole nitrogens is 1. The van der Waals surface area contributed by atoms with Gasteiger partial charge in [0, 0.05) is 33.8 Å². The Morgan fingerprint density at radius 1 is 1.14 bits per heavy atom. The molecule has 0 bridgehead atoms. The van der Waals surface area contributed by atoms with Gasteiger partial charge >= 0.3 is 5.97 Å². The van der Waals surface area contributed by atoms with Gasteiger partial charge in [-0.25, -0.2) is 4.79 Å². The topological polar surface area (TPSA) is 42.1 Å². The molecule has 0 aliphatic rings. The molecule has 3 nitrogen and oxygen atoms in total. The van der Waals surface area contributed by atoms with Crippen LogP contribution in [0.5, 0.6) is 0 Å². The van der Waals surface area contributed by atoms with Crippen molar-refractivity contribution in [3.63, 3.8) is 0 Å². The van der Waals surface area contributed by atoms with E-state index in [1.807, 2.05) is 18.2 Å². The van der Waals surface area contributed by atoms with Crippen molar-refractivity contribution in [1.82, 2.24) is 4.98 Å². The number of fused-ring (bicyclic) bond motifs is 3. The lowest BCUT2D eigenvalue weighted by Gasteiger charge is -2.05. The van der Waals surface area contributed by atoms with E-state index in [2.05, 4.69) is 35.8 Å². The smallest absolute Gasteiger partial charge is 0.333 e. The number of hydrogen-bond acceptors (Lipinski definition) is 2. The molecule has 2 aromatic carbocycles. The summed E-state index contributed by atoms with van der Waals surface area (Å²) in [6.45, 7) is 5.59. The molecule has 0 fully saturated rings. The van der Waals surface area contributed by atoms with Crippen LogP contribution in [0.1, 0.15) is 12.5 Å². The van der Waals surface area contributed by atoms with Crippen LogP contribution in [0.2, 0.25) is 0 Å². The van der Waals surface area contributed by atoms with Crippen molar-refractivity contribution in [2.75, 3.05) is 6.61 Å². The van der Waals surface area contributed by atoms with Gasteiger partial charge in [-0.1, -0.05) is 43.0 Å². The maximum absolute atomic E-state index is 11.4. The summed E-state index contributed by atoms with van der Waals surface area (Å²) in [6.07, 6.45) is 0.684. The number of aromatic amines is 1. The summed E-state index contributed by atoms with van der Waals surface area (Å²) in [5.74, 6) is -0.334. The third-order valence-corrected chi connectivity index (χ3v) is 3.58. The summed E-state index contributed by atoms with van der Waals surface area (Å²) in [5.41, 5.74) is 3.82. The first-order chi connectivity index (χ1) is 10.2. The van der Waals surface area contributed by atoms with Crippen LogP contribution in [-0.4, -0.2) is 17.6 Å². The predicted octanol–water partition coefficient (Wildman–Crippen LogP) is 3.98. The molecule has 0 aliphatic carbocycles. The molecular formula is C18H17NO2. The molecule has 3 heteroatoms. The zero-order valence-electron chi connectivity index (χ0n) is 12.0. The van der Waals surface area contributed by atoms with Crippen molar-refractivity contribution in [3.8, 4) is 0 Å². The second-order valence-corrected chi connectivity index (χ2v) is 5.18. The zero-order valence-corrected chi connectivity index (χ0v) is 12.0. The lowest BCUT2D eigenvalue weighted by molar-refractivity contribution is -0.138. The fraction of sp³-hybridized carbons (Fsp3) is 0.167. The monoisotopic (exact) mass is 279 g/mol. The van der Waals surface area contributed by atoms with E-state index in [-0.39, 0.29) is 5.97 Å². The molecular weight excluding hydrogens is 262 g/mol. The molecule has 1 heterocycles. The van der Waals surface area contributed by atoms with E-state index in [0.717, 1.165) is 16.6 Å². The number of benzene rings is 2. The first kappa shape index (κ1) is 13.4. The summed E-state index contributed by atoms with van der Waals surface area (Å²) in [6, 6.07) is 14.4. The van der Waals surface area contributed by atoms with Gasteiger partial charge in [-0.15, -0.1) is 0 Å². The standard InChI is InChI=1S/C18H17NO2/c1-12(2)18(20)21-11-10-13-6-5-8-15-14-7-3-4-9-16(14)19-17(13)15/h3-9,19H,1,10-11H2,2H3. The van der Waals surface area contributed by atoms with E-state index in [1.54, 1.807) is 6.92 Å². The maximum atomic E-state index is 11.4. The van der Waals surface area contributed by atoms with Crippen LogP contribution in [0.3, 0.4) is 0 Å². The zero-order chi connectivity index (χ0) is 14.8. The van der Waals surface area contributed by atoms with E-state index >= 15 is 0 Å². The molecule has 3 aromatic rings. The molecule has 0 saturated heterocycles. The van der Waals surface area contributed by atoms with Gasteiger partial charge in [-0.3, -0.25) is 0 Å². The van der Waals surface area contributed by atoms with E-state index in [0.29, 0.717) is 18.6 Å². The van der Waals surface area contributed by atoms with Crippen LogP contribution in [0.25, 0.3) is 21.8 Å². The van der Waals surface area contributed by atoms with Gasteiger partial charge in [0.1, 0.15) is 0 Å². The van der Waals surface area contributed by atoms with Gasteiger partial charge in [0.25, 0.3) is 0 Å². The van der Waals surface area contributed by atoms with Crippen LogP contribution in [0, 0.1) is 0 Å². The quantitative estimate of drug-likeness (QED) is 0.579. The van der Waals surface area contributed by atoms with Crippen LogP contribution < -0.4 is 0 Å². The number of para-hydroxylation sites is 2. The molecule has 0 radical (unpaired) electrons. The molecule has 1 N–H and O–H groups in total. The van der Waals surface area contributed by atoms with E-state index < -0.39 is 0 Å². The minimum Gasteiger partial charge on any atom is -0.462 e. The van der Waals surface area contributed by atoms with Gasteiger partial charge in [0.15, 0.2) is 0 Å². The molecule has 0 amide bonds. The first-order valence-electron chi connectivity index (χ1n) is 6.98. The van der Waals surface area contributed by atoms with Crippen LogP contribution >= 0.6 is 0 Å². The third kappa shape index (κ3) is 2.55. The molecule has 0 spiro atoms. The Morgan fingerprint density at radius 3 is 2.71 bits per heavy atom. The van der Waals surface area contributed by atoms with Crippen molar-refractivity contribution < 1.29 is 9.53 Å². The van der Waals surface area contributed by atoms with Crippen LogP contribution in [-0.2, 0) is 16.0 Å². The summed E-state index contributed by atoms with van der Waals surface area (Å²) in [5, 5.41) is 2.42. The average Bonchev–Trinajstić information content (AvgIpc) is 2.86. The van der Waals surface area contributed by atoms with Crippen LogP contribution in [0.15, 0.2) is 54.6 Å². The molecule has 1 aromatic heterocycles. The first-order valence-corrected chi connectivity index (χ1v) is 6.98. The van der Waals surface area contributed by atoms with Gasteiger partial charge < -0.3 is 9.72 Å². The number of nitrogens with one attached hydrogen (secondary N) is 1. The number of esters is 1. The Hall–Kier alpha value is -2.55. The Labute approximate surface area is 123 Å². The summed E-state index contributed by atoms with van der Waals surface area (Å²) < 4.78 is 5.18. The average molecular weight is 279 g/mol. The van der Waals surface area contributed by atoms with Crippen LogP contribution in [0.4, 0.5) is 0 Å². The molecule has 0 atom stereocenters. The third-order valence-electron chi connectivity index (χ3n) is 3.58. The Kier molecular flexibility index (Phi) is 3.48. The molecule has 0 saturated carbocycles. The summed E-state index contributed by atoms with van der Waals surface area (Å²) in [7, 11) is 0. The van der Waals surface area contributed by atoms with E-state index in [9.17, 15) is 4.79 Å². The van der Waals surface area contributed by atoms with Gasteiger partial charge in [-0.2, -0.15) is 0 Å². The highest BCUT2D eigenvalue weighted by molar-refractivity contribution is 6.08. The van der Waals surface area contributed by atoms with Crippen molar-refractivity contribution >= 4 is 27.8 Å². The lowest BCUT2D eigenvalue weighted by Crippen LogP contribution is -2.08. The van der Waals surface area contributed by atoms with E-state index in [1.165, 1.54) is 10.8 Å². The maximum Gasteiger partial charge on any atom is 0.333 e. The van der Waals surface area contributed by atoms with Crippen molar-refractivity contribution in [3.05, 3.63) is 60.2 Å². The number of aromatic nitrogens is 1. The Bertz CT molecular complexity index is 829. The number of ether oxygens (including phenoxy) is 1. The minimum atomic E-state index is -0.334. The molecule has 0 unspecified atom stereocenters. The normalized spacial score (nSPS) is 10.9. The highest BCUT2D eigenvalue weighted by atomic mass is 16.5. The van der Waals surface area contributed by atoms with Gasteiger partial charge in [-0.05, 0) is 18.6 Å². The van der Waals surface area contributed by atoms with Crippen molar-refractivity contribution in [1.29, 1.82) is 0 Å². The number of carbonyl (C=O) groups excluding carboxylic acids is 1. The predicted molar refractivity (Wildman–Crippen MR) is 85.3 cm³/mol. The Morgan fingerprint density at radius 2 is 1.90 bits per heavy atom. The molecule has 21 heavy (non-hydrogen) atoms. The number of carbonyl (C=O) groups is 1. The molecule has 0 aliphatic heterocycles. The molecule has 3 rings (SSSR count). The summed E-state index contributed by atoms with van der Waals surface area (Å²) >= 11 is 0. The highest BCUT2D eigenvalue weighted by Crippen LogP contribution is 2.27. The SMILES string of the molecule is C=C(C)C(=O)OCCc1cccc2c1[nH]c1ccccc12. The fourth-order valence-electron chi connectivity index (χ4n) is 2.52. The largest absolute Gasteiger partial charge is 0.462 e. The highest BCUT2D eigenvalue weighted by Gasteiger charge is 2.08. The van der Waals surface area contributed by atoms with Gasteiger partial charge in [0.05, 0.1) is 6.61 Å². The summed E-state index contributed by atoms with van der Waals surface area (Å²) in [4.78, 5) is 14.9.